The Kier molecular flexibility index (Phi) is 6.50. The topological polar surface area (TPSA) is 32.3 Å². The maximum atomic E-state index is 12.4. The van der Waals surface area contributed by atoms with E-state index >= 15 is 0 Å². The van der Waals surface area contributed by atoms with Gasteiger partial charge >= 0.3 is 0 Å². The van der Waals surface area contributed by atoms with Crippen LogP contribution in [0, 0.1) is 0 Å². The Labute approximate surface area is 116 Å². The molecule has 0 aromatic carbocycles. The zero-order valence-corrected chi connectivity index (χ0v) is 13.1. The van der Waals surface area contributed by atoms with E-state index in [2.05, 4.69) is 37.9 Å². The zero-order valence-electron chi connectivity index (χ0n) is 12.3. The van der Waals surface area contributed by atoms with Crippen LogP contribution in [0.15, 0.2) is 0 Å². The second-order valence-electron chi connectivity index (χ2n) is 5.99. The van der Waals surface area contributed by atoms with Crippen molar-refractivity contribution in [3.63, 3.8) is 0 Å². The highest BCUT2D eigenvalue weighted by Crippen LogP contribution is 2.24. The average Bonchev–Trinajstić information content (AvgIpc) is 2.33. The van der Waals surface area contributed by atoms with Crippen LogP contribution in [0.4, 0.5) is 0 Å². The van der Waals surface area contributed by atoms with Crippen molar-refractivity contribution in [1.82, 2.24) is 10.2 Å². The molecule has 3 nitrogen and oxygen atoms in total. The normalized spacial score (nSPS) is 20.8. The summed E-state index contributed by atoms with van der Waals surface area (Å²) in [4.78, 5) is 14.5. The molecule has 1 aliphatic heterocycles. The van der Waals surface area contributed by atoms with Gasteiger partial charge in [-0.2, -0.15) is 0 Å². The number of hydrogen-bond donors (Lipinski definition) is 1. The van der Waals surface area contributed by atoms with Crippen LogP contribution < -0.4 is 5.32 Å². The number of hydrogen-bond acceptors (Lipinski definition) is 3. The molecule has 1 atom stereocenters. The lowest BCUT2D eigenvalue weighted by atomic mass is 10.1. The lowest BCUT2D eigenvalue weighted by Gasteiger charge is -2.35. The summed E-state index contributed by atoms with van der Waals surface area (Å²) in [6.45, 7) is 11.6. The van der Waals surface area contributed by atoms with Crippen LogP contribution in [0.5, 0.6) is 0 Å². The van der Waals surface area contributed by atoms with Crippen LogP contribution in [0.1, 0.15) is 47.0 Å². The van der Waals surface area contributed by atoms with Crippen molar-refractivity contribution in [3.05, 3.63) is 0 Å². The molecule has 0 saturated carbocycles. The first-order chi connectivity index (χ1) is 8.44. The van der Waals surface area contributed by atoms with Gasteiger partial charge in [0, 0.05) is 23.9 Å². The van der Waals surface area contributed by atoms with Crippen molar-refractivity contribution in [2.24, 2.45) is 0 Å². The SMILES string of the molecule is CCCN(C(=O)CSC(C)(C)C)C1CCCNC1. The number of nitrogens with zero attached hydrogens (tertiary/aromatic N) is 1. The number of thioether (sulfide) groups is 1. The Morgan fingerprint density at radius 1 is 1.44 bits per heavy atom. The predicted octanol–water partition coefficient (Wildman–Crippen LogP) is 2.51. The van der Waals surface area contributed by atoms with Crippen LogP contribution in [-0.4, -0.2) is 47.0 Å². The fourth-order valence-corrected chi connectivity index (χ4v) is 2.93. The van der Waals surface area contributed by atoms with Gasteiger partial charge in [-0.25, -0.2) is 0 Å². The summed E-state index contributed by atoms with van der Waals surface area (Å²) in [6.07, 6.45) is 3.38. The van der Waals surface area contributed by atoms with Gasteiger partial charge in [-0.05, 0) is 25.8 Å². The third kappa shape index (κ3) is 5.61. The molecule has 0 aliphatic carbocycles. The number of carbonyl (C=O) groups excluding carboxylic acids is 1. The molecule has 1 heterocycles. The molecule has 1 fully saturated rings. The Morgan fingerprint density at radius 3 is 2.67 bits per heavy atom. The molecular formula is C14H28N2OS. The van der Waals surface area contributed by atoms with Crippen molar-refractivity contribution in [2.75, 3.05) is 25.4 Å². The molecule has 0 bridgehead atoms. The molecule has 1 N–H and O–H groups in total. The zero-order chi connectivity index (χ0) is 13.6. The average molecular weight is 272 g/mol. The van der Waals surface area contributed by atoms with Crippen LogP contribution in [0.25, 0.3) is 0 Å². The minimum atomic E-state index is 0.165. The third-order valence-corrected chi connectivity index (χ3v) is 4.38. The fourth-order valence-electron chi connectivity index (χ4n) is 2.21. The highest BCUT2D eigenvalue weighted by atomic mass is 32.2. The first-order valence-electron chi connectivity index (χ1n) is 7.08. The quantitative estimate of drug-likeness (QED) is 0.834. The van der Waals surface area contributed by atoms with Crippen molar-refractivity contribution in [1.29, 1.82) is 0 Å². The summed E-state index contributed by atoms with van der Waals surface area (Å²) in [7, 11) is 0. The molecule has 0 aromatic heterocycles. The first kappa shape index (κ1) is 15.8. The number of rotatable bonds is 5. The van der Waals surface area contributed by atoms with Gasteiger partial charge in [-0.3, -0.25) is 4.79 Å². The van der Waals surface area contributed by atoms with Gasteiger partial charge in [-0.1, -0.05) is 27.7 Å². The number of carbonyl (C=O) groups is 1. The van der Waals surface area contributed by atoms with E-state index in [9.17, 15) is 4.79 Å². The monoisotopic (exact) mass is 272 g/mol. The van der Waals surface area contributed by atoms with Gasteiger partial charge in [0.15, 0.2) is 0 Å². The maximum Gasteiger partial charge on any atom is 0.232 e. The van der Waals surface area contributed by atoms with Crippen LogP contribution in [0.2, 0.25) is 0 Å². The highest BCUT2D eigenvalue weighted by Gasteiger charge is 2.25. The van der Waals surface area contributed by atoms with E-state index in [1.807, 2.05) is 0 Å². The number of amides is 1. The lowest BCUT2D eigenvalue weighted by Crippen LogP contribution is -2.49. The largest absolute Gasteiger partial charge is 0.338 e. The molecule has 0 spiro atoms. The summed E-state index contributed by atoms with van der Waals surface area (Å²) in [5.74, 6) is 0.922. The van der Waals surface area contributed by atoms with Crippen molar-refractivity contribution in [2.45, 2.75) is 57.7 Å². The van der Waals surface area contributed by atoms with E-state index in [1.54, 1.807) is 11.8 Å². The molecule has 106 valence electrons. The molecule has 4 heteroatoms. The number of nitrogens with one attached hydrogen (secondary N) is 1. The Balaban J connectivity index is 2.51. The maximum absolute atomic E-state index is 12.4. The molecule has 0 radical (unpaired) electrons. The molecule has 18 heavy (non-hydrogen) atoms. The fraction of sp³-hybridized carbons (Fsp3) is 0.929. The molecular weight excluding hydrogens is 244 g/mol. The van der Waals surface area contributed by atoms with E-state index in [1.165, 1.54) is 6.42 Å². The van der Waals surface area contributed by atoms with E-state index in [4.69, 9.17) is 0 Å². The smallest absolute Gasteiger partial charge is 0.232 e. The minimum absolute atomic E-state index is 0.165. The Hall–Kier alpha value is -0.220. The first-order valence-corrected chi connectivity index (χ1v) is 8.06. The Morgan fingerprint density at radius 2 is 2.17 bits per heavy atom. The molecule has 0 aromatic rings. The summed E-state index contributed by atoms with van der Waals surface area (Å²) in [6, 6.07) is 0.409. The van der Waals surface area contributed by atoms with Gasteiger partial charge < -0.3 is 10.2 Å². The predicted molar refractivity (Wildman–Crippen MR) is 80.1 cm³/mol. The Bertz CT molecular complexity index is 257. The molecule has 1 amide bonds. The van der Waals surface area contributed by atoms with E-state index in [0.29, 0.717) is 17.7 Å². The van der Waals surface area contributed by atoms with Crippen molar-refractivity contribution < 1.29 is 4.79 Å². The van der Waals surface area contributed by atoms with Crippen LogP contribution in [-0.2, 0) is 4.79 Å². The van der Waals surface area contributed by atoms with Gasteiger partial charge in [-0.15, -0.1) is 11.8 Å². The van der Waals surface area contributed by atoms with Gasteiger partial charge in [0.2, 0.25) is 5.91 Å². The summed E-state index contributed by atoms with van der Waals surface area (Å²) in [5.41, 5.74) is 0. The second kappa shape index (κ2) is 7.39. The van der Waals surface area contributed by atoms with Crippen molar-refractivity contribution >= 4 is 17.7 Å². The van der Waals surface area contributed by atoms with E-state index in [0.717, 1.165) is 32.5 Å². The molecule has 1 unspecified atom stereocenters. The standard InChI is InChI=1S/C14H28N2OS/c1-5-9-16(12-7-6-8-15-10-12)13(17)11-18-14(2,3)4/h12,15H,5-11H2,1-4H3. The van der Waals surface area contributed by atoms with Crippen LogP contribution >= 0.6 is 11.8 Å². The lowest BCUT2D eigenvalue weighted by molar-refractivity contribution is -0.131. The summed E-state index contributed by atoms with van der Waals surface area (Å²) < 4.78 is 0.165. The summed E-state index contributed by atoms with van der Waals surface area (Å²) >= 11 is 1.75. The highest BCUT2D eigenvalue weighted by molar-refractivity contribution is 8.01. The van der Waals surface area contributed by atoms with Gasteiger partial charge in [0.25, 0.3) is 0 Å². The van der Waals surface area contributed by atoms with E-state index < -0.39 is 0 Å². The molecule has 1 rings (SSSR count). The van der Waals surface area contributed by atoms with Crippen molar-refractivity contribution in [3.8, 4) is 0 Å². The van der Waals surface area contributed by atoms with Gasteiger partial charge in [0.05, 0.1) is 5.75 Å². The second-order valence-corrected chi connectivity index (χ2v) is 7.79. The molecule has 1 aliphatic rings. The summed E-state index contributed by atoms with van der Waals surface area (Å²) in [5, 5.41) is 3.40. The van der Waals surface area contributed by atoms with E-state index in [-0.39, 0.29) is 4.75 Å². The third-order valence-electron chi connectivity index (χ3n) is 3.13. The van der Waals surface area contributed by atoms with Gasteiger partial charge in [0.1, 0.15) is 0 Å². The minimum Gasteiger partial charge on any atom is -0.338 e. The molecule has 1 saturated heterocycles. The van der Waals surface area contributed by atoms with Crippen LogP contribution in [0.3, 0.4) is 0 Å². The number of piperidine rings is 1.